The van der Waals surface area contributed by atoms with E-state index >= 15 is 0 Å². The molecule has 0 spiro atoms. The van der Waals surface area contributed by atoms with E-state index in [1.807, 2.05) is 19.1 Å². The highest BCUT2D eigenvalue weighted by molar-refractivity contribution is 7.91. The number of alkyl halides is 1. The molecular formula is C15H24ClNO2S. The van der Waals surface area contributed by atoms with Gasteiger partial charge in [0.05, 0.1) is 16.3 Å². The first-order valence-corrected chi connectivity index (χ1v) is 9.35. The third-order valence-electron chi connectivity index (χ3n) is 3.37. The number of hydrogen-bond donors (Lipinski definition) is 1. The molecule has 0 aliphatic rings. The molecule has 0 bridgehead atoms. The van der Waals surface area contributed by atoms with Crippen LogP contribution in [0.1, 0.15) is 33.1 Å². The van der Waals surface area contributed by atoms with Crippen molar-refractivity contribution in [2.75, 3.05) is 23.5 Å². The summed E-state index contributed by atoms with van der Waals surface area (Å²) >= 11 is 5.78. The van der Waals surface area contributed by atoms with Crippen LogP contribution in [0.2, 0.25) is 0 Å². The van der Waals surface area contributed by atoms with E-state index < -0.39 is 9.84 Å². The van der Waals surface area contributed by atoms with Crippen LogP contribution in [0.4, 0.5) is 5.69 Å². The Kier molecular flexibility index (Phi) is 7.38. The maximum Gasteiger partial charge on any atom is 0.180 e. The Hall–Kier alpha value is -0.740. The van der Waals surface area contributed by atoms with Crippen LogP contribution in [0.25, 0.3) is 0 Å². The minimum atomic E-state index is -3.20. The Balaban J connectivity index is 2.86. The number of nitrogens with one attached hydrogen (secondary N) is 1. The van der Waals surface area contributed by atoms with E-state index in [4.69, 9.17) is 11.6 Å². The summed E-state index contributed by atoms with van der Waals surface area (Å²) in [6.07, 6.45) is 2.60. The molecule has 0 fully saturated rings. The van der Waals surface area contributed by atoms with E-state index in [1.165, 1.54) is 0 Å². The molecule has 0 saturated carbocycles. The molecule has 5 heteroatoms. The van der Waals surface area contributed by atoms with Crippen molar-refractivity contribution in [3.05, 3.63) is 24.3 Å². The van der Waals surface area contributed by atoms with Crippen molar-refractivity contribution in [1.29, 1.82) is 0 Å². The topological polar surface area (TPSA) is 46.2 Å². The van der Waals surface area contributed by atoms with Gasteiger partial charge >= 0.3 is 0 Å². The third kappa shape index (κ3) is 4.98. The molecule has 1 aromatic carbocycles. The van der Waals surface area contributed by atoms with E-state index in [1.54, 1.807) is 12.1 Å². The lowest BCUT2D eigenvalue weighted by Gasteiger charge is -2.17. The molecule has 0 heterocycles. The third-order valence-corrected chi connectivity index (χ3v) is 5.56. The van der Waals surface area contributed by atoms with Crippen molar-refractivity contribution in [3.8, 4) is 0 Å². The van der Waals surface area contributed by atoms with Gasteiger partial charge in [-0.25, -0.2) is 8.42 Å². The highest BCUT2D eigenvalue weighted by Crippen LogP contribution is 2.23. The molecule has 1 N–H and O–H groups in total. The van der Waals surface area contributed by atoms with Crippen LogP contribution in [-0.2, 0) is 9.84 Å². The second-order valence-corrected chi connectivity index (χ2v) is 7.40. The largest absolute Gasteiger partial charge is 0.384 e. The first kappa shape index (κ1) is 17.3. The van der Waals surface area contributed by atoms with Gasteiger partial charge in [0.2, 0.25) is 0 Å². The van der Waals surface area contributed by atoms with Crippen LogP contribution in [0.5, 0.6) is 0 Å². The molecular weight excluding hydrogens is 294 g/mol. The maximum absolute atomic E-state index is 12.2. The van der Waals surface area contributed by atoms with E-state index in [0.717, 1.165) is 19.4 Å². The zero-order valence-corrected chi connectivity index (χ0v) is 13.8. The fourth-order valence-corrected chi connectivity index (χ4v) is 3.95. The molecule has 1 atom stereocenters. The van der Waals surface area contributed by atoms with E-state index in [-0.39, 0.29) is 5.75 Å². The lowest BCUT2D eigenvalue weighted by Crippen LogP contribution is -2.16. The van der Waals surface area contributed by atoms with Gasteiger partial charge in [0.25, 0.3) is 0 Å². The molecule has 0 saturated heterocycles. The quantitative estimate of drug-likeness (QED) is 0.702. The predicted octanol–water partition coefficient (Wildman–Crippen LogP) is 3.94. The normalized spacial score (nSPS) is 13.2. The minimum Gasteiger partial charge on any atom is -0.384 e. The Morgan fingerprint density at radius 3 is 2.55 bits per heavy atom. The first-order chi connectivity index (χ1) is 9.55. The molecule has 0 radical (unpaired) electrons. The van der Waals surface area contributed by atoms with Crippen LogP contribution in [0.15, 0.2) is 29.2 Å². The minimum absolute atomic E-state index is 0.185. The average Bonchev–Trinajstić information content (AvgIpc) is 2.43. The van der Waals surface area contributed by atoms with Gasteiger partial charge < -0.3 is 5.32 Å². The highest BCUT2D eigenvalue weighted by Gasteiger charge is 2.17. The summed E-state index contributed by atoms with van der Waals surface area (Å²) in [7, 11) is -3.20. The number of halogens is 1. The fourth-order valence-electron chi connectivity index (χ4n) is 2.12. The lowest BCUT2D eigenvalue weighted by atomic mass is 10.0. The maximum atomic E-state index is 12.2. The van der Waals surface area contributed by atoms with Crippen molar-refractivity contribution in [2.45, 2.75) is 38.0 Å². The number of rotatable bonds is 9. The van der Waals surface area contributed by atoms with Crippen LogP contribution < -0.4 is 5.32 Å². The number of sulfone groups is 1. The summed E-state index contributed by atoms with van der Waals surface area (Å²) in [4.78, 5) is 0.405. The van der Waals surface area contributed by atoms with Crippen molar-refractivity contribution >= 4 is 27.1 Å². The van der Waals surface area contributed by atoms with Crippen LogP contribution in [0.3, 0.4) is 0 Å². The van der Waals surface area contributed by atoms with Gasteiger partial charge in [-0.2, -0.15) is 0 Å². The smallest absolute Gasteiger partial charge is 0.180 e. The SMILES string of the molecule is CCCS(=O)(=O)c1ccccc1NCC(CC)CCCl. The molecule has 20 heavy (non-hydrogen) atoms. The first-order valence-electron chi connectivity index (χ1n) is 7.16. The van der Waals surface area contributed by atoms with Crippen molar-refractivity contribution in [2.24, 2.45) is 5.92 Å². The van der Waals surface area contributed by atoms with Crippen LogP contribution in [0, 0.1) is 5.92 Å². The predicted molar refractivity (Wildman–Crippen MR) is 86.4 cm³/mol. The summed E-state index contributed by atoms with van der Waals surface area (Å²) in [6, 6.07) is 7.13. The zero-order chi connectivity index (χ0) is 15.0. The summed E-state index contributed by atoms with van der Waals surface area (Å²) in [5.41, 5.74) is 0.703. The molecule has 114 valence electrons. The molecule has 0 aromatic heterocycles. The number of benzene rings is 1. The molecule has 1 rings (SSSR count). The van der Waals surface area contributed by atoms with Crippen LogP contribution >= 0.6 is 11.6 Å². The van der Waals surface area contributed by atoms with Crippen molar-refractivity contribution < 1.29 is 8.42 Å². The van der Waals surface area contributed by atoms with E-state index in [0.29, 0.717) is 28.8 Å². The van der Waals surface area contributed by atoms with Gasteiger partial charge in [0.1, 0.15) is 0 Å². The zero-order valence-electron chi connectivity index (χ0n) is 12.2. The second-order valence-electron chi connectivity index (χ2n) is 4.95. The monoisotopic (exact) mass is 317 g/mol. The van der Waals surface area contributed by atoms with E-state index in [9.17, 15) is 8.42 Å². The average molecular weight is 318 g/mol. The molecule has 1 unspecified atom stereocenters. The number of para-hydroxylation sites is 1. The molecule has 0 aliphatic carbocycles. The lowest BCUT2D eigenvalue weighted by molar-refractivity contribution is 0.521. The second kappa shape index (κ2) is 8.53. The fraction of sp³-hybridized carbons (Fsp3) is 0.600. The van der Waals surface area contributed by atoms with E-state index in [2.05, 4.69) is 12.2 Å². The van der Waals surface area contributed by atoms with Gasteiger partial charge in [0, 0.05) is 12.4 Å². The summed E-state index contributed by atoms with van der Waals surface area (Å²) in [5, 5.41) is 3.28. The van der Waals surface area contributed by atoms with Crippen molar-refractivity contribution in [3.63, 3.8) is 0 Å². The van der Waals surface area contributed by atoms with Gasteiger partial charge in [-0.3, -0.25) is 0 Å². The standard InChI is InChI=1S/C15H24ClNO2S/c1-3-11-20(18,19)15-8-6-5-7-14(15)17-12-13(4-2)9-10-16/h5-8,13,17H,3-4,9-12H2,1-2H3. The molecule has 3 nitrogen and oxygen atoms in total. The van der Waals surface area contributed by atoms with Crippen LogP contribution in [-0.4, -0.2) is 26.6 Å². The summed E-state index contributed by atoms with van der Waals surface area (Å²) in [6.45, 7) is 4.75. The Morgan fingerprint density at radius 2 is 1.95 bits per heavy atom. The highest BCUT2D eigenvalue weighted by atomic mass is 35.5. The van der Waals surface area contributed by atoms with Gasteiger partial charge in [-0.05, 0) is 30.9 Å². The van der Waals surface area contributed by atoms with Crippen molar-refractivity contribution in [1.82, 2.24) is 0 Å². The summed E-state index contributed by atoms with van der Waals surface area (Å²) in [5.74, 6) is 1.29. The van der Waals surface area contributed by atoms with Gasteiger partial charge in [-0.15, -0.1) is 11.6 Å². The number of anilines is 1. The molecule has 1 aromatic rings. The summed E-state index contributed by atoms with van der Waals surface area (Å²) < 4.78 is 24.5. The Bertz CT molecular complexity index is 502. The molecule has 0 aliphatic heterocycles. The van der Waals surface area contributed by atoms with Gasteiger partial charge in [-0.1, -0.05) is 32.4 Å². The molecule has 0 amide bonds. The Labute approximate surface area is 127 Å². The Morgan fingerprint density at radius 1 is 1.25 bits per heavy atom. The number of hydrogen-bond acceptors (Lipinski definition) is 3. The van der Waals surface area contributed by atoms with Gasteiger partial charge in [0.15, 0.2) is 9.84 Å².